The zero-order valence-corrected chi connectivity index (χ0v) is 18.4. The highest BCUT2D eigenvalue weighted by Gasteiger charge is 2.28. The lowest BCUT2D eigenvalue weighted by molar-refractivity contribution is -0.132. The lowest BCUT2D eigenvalue weighted by Crippen LogP contribution is -2.42. The van der Waals surface area contributed by atoms with Crippen LogP contribution in [0.25, 0.3) is 0 Å². The van der Waals surface area contributed by atoms with Crippen molar-refractivity contribution in [2.45, 2.75) is 51.6 Å². The molecule has 7 nitrogen and oxygen atoms in total. The number of fused-ring (bicyclic) bond motifs is 1. The first-order chi connectivity index (χ1) is 15.6. The topological polar surface area (TPSA) is 91.6 Å². The van der Waals surface area contributed by atoms with Gasteiger partial charge in [0.15, 0.2) is 0 Å². The van der Waals surface area contributed by atoms with Crippen LogP contribution in [-0.2, 0) is 30.7 Å². The van der Waals surface area contributed by atoms with Gasteiger partial charge in [0, 0.05) is 38.8 Å². The number of nitrogens with one attached hydrogen (secondary N) is 1. The molecule has 7 heteroatoms. The number of aliphatic hydroxyl groups excluding tert-OH is 1. The molecular formula is C25H31N3O4. The second-order valence-electron chi connectivity index (χ2n) is 8.79. The molecule has 0 saturated heterocycles. The summed E-state index contributed by atoms with van der Waals surface area (Å²) < 4.78 is 1.62. The van der Waals surface area contributed by atoms with Gasteiger partial charge in [-0.2, -0.15) is 0 Å². The second kappa shape index (κ2) is 10.1. The minimum atomic E-state index is -0.303. The number of pyridine rings is 1. The molecule has 32 heavy (non-hydrogen) atoms. The predicted octanol–water partition coefficient (Wildman–Crippen LogP) is 1.89. The fourth-order valence-electron chi connectivity index (χ4n) is 4.49. The fraction of sp³-hybridized carbons (Fsp3) is 0.480. The Balaban J connectivity index is 1.62. The molecule has 1 aliphatic carbocycles. The van der Waals surface area contributed by atoms with Gasteiger partial charge < -0.3 is 19.9 Å². The van der Waals surface area contributed by atoms with Crippen LogP contribution in [-0.4, -0.2) is 46.1 Å². The average molecular weight is 438 g/mol. The predicted molar refractivity (Wildman–Crippen MR) is 121 cm³/mol. The maximum Gasteiger partial charge on any atom is 0.263 e. The molecule has 2 aromatic rings. The Morgan fingerprint density at radius 2 is 1.94 bits per heavy atom. The largest absolute Gasteiger partial charge is 0.396 e. The highest BCUT2D eigenvalue weighted by molar-refractivity contribution is 5.95. The van der Waals surface area contributed by atoms with Crippen molar-refractivity contribution < 1.29 is 14.7 Å². The van der Waals surface area contributed by atoms with Gasteiger partial charge in [-0.15, -0.1) is 0 Å². The zero-order chi connectivity index (χ0) is 22.5. The molecule has 1 fully saturated rings. The number of benzene rings is 1. The number of aryl methyl sites for hydroxylation is 2. The summed E-state index contributed by atoms with van der Waals surface area (Å²) in [6.45, 7) is 1.68. The summed E-state index contributed by atoms with van der Waals surface area (Å²) in [4.78, 5) is 40.4. The zero-order valence-electron chi connectivity index (χ0n) is 18.4. The third kappa shape index (κ3) is 4.93. The number of aliphatic hydroxyl groups is 1. The molecule has 4 rings (SSSR count). The maximum atomic E-state index is 13.3. The van der Waals surface area contributed by atoms with Crippen LogP contribution in [0, 0.1) is 5.92 Å². The molecule has 2 N–H and O–H groups in total. The molecule has 2 amide bonds. The maximum absolute atomic E-state index is 13.3. The van der Waals surface area contributed by atoms with E-state index in [1.54, 1.807) is 9.47 Å². The molecule has 0 spiro atoms. The van der Waals surface area contributed by atoms with E-state index in [0.717, 1.165) is 29.5 Å². The van der Waals surface area contributed by atoms with Gasteiger partial charge in [-0.05, 0) is 48.3 Å². The number of aromatic nitrogens is 1. The van der Waals surface area contributed by atoms with Crippen LogP contribution < -0.4 is 10.9 Å². The van der Waals surface area contributed by atoms with Gasteiger partial charge >= 0.3 is 0 Å². The van der Waals surface area contributed by atoms with Crippen molar-refractivity contribution in [3.63, 3.8) is 0 Å². The Labute approximate surface area is 188 Å². The van der Waals surface area contributed by atoms with Crippen LogP contribution in [0.1, 0.15) is 52.7 Å². The van der Waals surface area contributed by atoms with E-state index in [1.165, 1.54) is 6.42 Å². The Kier molecular flexibility index (Phi) is 7.05. The first kappa shape index (κ1) is 22.3. The summed E-state index contributed by atoms with van der Waals surface area (Å²) in [5.41, 5.74) is 2.67. The number of amides is 2. The Morgan fingerprint density at radius 3 is 2.62 bits per heavy atom. The summed E-state index contributed by atoms with van der Waals surface area (Å²) in [7, 11) is 0. The highest BCUT2D eigenvalue weighted by Crippen LogP contribution is 2.26. The molecule has 2 aliphatic rings. The summed E-state index contributed by atoms with van der Waals surface area (Å²) in [6, 6.07) is 9.93. The molecule has 1 aliphatic heterocycles. The minimum Gasteiger partial charge on any atom is -0.396 e. The van der Waals surface area contributed by atoms with Crippen LogP contribution in [0.3, 0.4) is 0 Å². The van der Waals surface area contributed by atoms with Gasteiger partial charge in [-0.25, -0.2) is 0 Å². The number of carbonyl (C=O) groups excluding carboxylic acids is 2. The Hall–Kier alpha value is -2.93. The normalized spacial score (nSPS) is 15.7. The number of carbonyl (C=O) groups is 2. The minimum absolute atomic E-state index is 0.0811. The van der Waals surface area contributed by atoms with Crippen molar-refractivity contribution >= 4 is 11.8 Å². The number of hydrogen-bond donors (Lipinski definition) is 2. The van der Waals surface area contributed by atoms with E-state index < -0.39 is 0 Å². The lowest BCUT2D eigenvalue weighted by Gasteiger charge is -2.31. The molecule has 1 saturated carbocycles. The van der Waals surface area contributed by atoms with Gasteiger partial charge in [0.25, 0.3) is 11.5 Å². The van der Waals surface area contributed by atoms with E-state index in [0.29, 0.717) is 44.9 Å². The van der Waals surface area contributed by atoms with E-state index in [4.69, 9.17) is 5.11 Å². The summed E-state index contributed by atoms with van der Waals surface area (Å²) in [5, 5.41) is 12.1. The smallest absolute Gasteiger partial charge is 0.263 e. The van der Waals surface area contributed by atoms with E-state index in [-0.39, 0.29) is 36.0 Å². The average Bonchev–Trinajstić information content (AvgIpc) is 2.77. The van der Waals surface area contributed by atoms with Crippen molar-refractivity contribution in [3.05, 3.63) is 69.1 Å². The number of rotatable bonds is 8. The number of hydrogen-bond acceptors (Lipinski definition) is 4. The Bertz CT molecular complexity index is 1030. The van der Waals surface area contributed by atoms with Gasteiger partial charge in [0.2, 0.25) is 5.91 Å². The van der Waals surface area contributed by atoms with E-state index in [1.807, 2.05) is 36.5 Å². The Morgan fingerprint density at radius 1 is 1.16 bits per heavy atom. The molecule has 0 radical (unpaired) electrons. The van der Waals surface area contributed by atoms with Crippen LogP contribution in [0.4, 0.5) is 0 Å². The van der Waals surface area contributed by atoms with Crippen LogP contribution >= 0.6 is 0 Å². The van der Waals surface area contributed by atoms with Crippen LogP contribution in [0.5, 0.6) is 0 Å². The van der Waals surface area contributed by atoms with Crippen molar-refractivity contribution in [2.75, 3.05) is 19.7 Å². The SMILES string of the molecule is O=C(NCC1CCC1)c1c2c(cn(CCc3ccccc3)c1=O)CN(C(=O)CCO)CC2. The lowest BCUT2D eigenvalue weighted by atomic mass is 9.85. The quantitative estimate of drug-likeness (QED) is 0.660. The van der Waals surface area contributed by atoms with Crippen molar-refractivity contribution in [2.24, 2.45) is 5.92 Å². The standard InChI is InChI=1S/C25H31N3O4/c29-14-11-22(30)27-13-10-21-20(16-27)17-28(12-9-18-5-2-1-3-6-18)25(32)23(21)24(31)26-15-19-7-4-8-19/h1-3,5-6,17,19,29H,4,7-16H2,(H,26,31). The summed E-state index contributed by atoms with van der Waals surface area (Å²) in [6.07, 6.45) is 6.47. The molecule has 1 aromatic carbocycles. The summed E-state index contributed by atoms with van der Waals surface area (Å²) >= 11 is 0. The van der Waals surface area contributed by atoms with Gasteiger partial charge in [-0.1, -0.05) is 36.8 Å². The fourth-order valence-corrected chi connectivity index (χ4v) is 4.49. The van der Waals surface area contributed by atoms with Gasteiger partial charge in [0.05, 0.1) is 6.61 Å². The van der Waals surface area contributed by atoms with E-state index >= 15 is 0 Å². The molecular weight excluding hydrogens is 406 g/mol. The second-order valence-corrected chi connectivity index (χ2v) is 8.79. The molecule has 2 heterocycles. The highest BCUT2D eigenvalue weighted by atomic mass is 16.3. The first-order valence-electron chi connectivity index (χ1n) is 11.5. The number of nitrogens with zero attached hydrogens (tertiary/aromatic N) is 2. The molecule has 1 aromatic heterocycles. The first-order valence-corrected chi connectivity index (χ1v) is 11.5. The van der Waals surface area contributed by atoms with E-state index in [2.05, 4.69) is 5.32 Å². The van der Waals surface area contributed by atoms with Crippen molar-refractivity contribution in [1.29, 1.82) is 0 Å². The molecule has 0 atom stereocenters. The van der Waals surface area contributed by atoms with Gasteiger partial charge in [0.1, 0.15) is 5.56 Å². The molecule has 170 valence electrons. The monoisotopic (exact) mass is 437 g/mol. The van der Waals surface area contributed by atoms with Crippen molar-refractivity contribution in [3.8, 4) is 0 Å². The van der Waals surface area contributed by atoms with E-state index in [9.17, 15) is 14.4 Å². The molecule has 0 unspecified atom stereocenters. The van der Waals surface area contributed by atoms with Crippen LogP contribution in [0.15, 0.2) is 41.3 Å². The van der Waals surface area contributed by atoms with Crippen molar-refractivity contribution in [1.82, 2.24) is 14.8 Å². The third-order valence-electron chi connectivity index (χ3n) is 6.63. The third-order valence-corrected chi connectivity index (χ3v) is 6.63. The summed E-state index contributed by atoms with van der Waals surface area (Å²) in [5.74, 6) is 0.0869. The molecule has 0 bridgehead atoms. The van der Waals surface area contributed by atoms with Crippen LogP contribution in [0.2, 0.25) is 0 Å². The van der Waals surface area contributed by atoms with Gasteiger partial charge in [-0.3, -0.25) is 14.4 Å².